The van der Waals surface area contributed by atoms with Gasteiger partial charge in [-0.2, -0.15) is 4.31 Å². The fourth-order valence-corrected chi connectivity index (χ4v) is 3.78. The molecule has 0 bridgehead atoms. The quantitative estimate of drug-likeness (QED) is 0.855. The SMILES string of the molecule is C=C(C)[C@H]1CN(S(=O)(=O)c2ccc(C)cc2)C[C@H]1O. The van der Waals surface area contributed by atoms with Crippen LogP contribution in [0, 0.1) is 12.8 Å². The van der Waals surface area contributed by atoms with Crippen molar-refractivity contribution in [3.05, 3.63) is 42.0 Å². The summed E-state index contributed by atoms with van der Waals surface area (Å²) in [5, 5.41) is 9.92. The van der Waals surface area contributed by atoms with E-state index in [-0.39, 0.29) is 17.4 Å². The van der Waals surface area contributed by atoms with Crippen LogP contribution in [0.4, 0.5) is 0 Å². The molecule has 1 saturated heterocycles. The van der Waals surface area contributed by atoms with E-state index in [0.717, 1.165) is 11.1 Å². The number of sulfonamides is 1. The van der Waals surface area contributed by atoms with Crippen molar-refractivity contribution >= 4 is 10.0 Å². The third-order valence-electron chi connectivity index (χ3n) is 3.55. The number of aryl methyl sites for hydroxylation is 1. The molecule has 1 heterocycles. The van der Waals surface area contributed by atoms with Crippen LogP contribution in [-0.4, -0.2) is 37.0 Å². The average molecular weight is 281 g/mol. The molecule has 0 aromatic heterocycles. The Hall–Kier alpha value is -1.17. The van der Waals surface area contributed by atoms with E-state index in [1.54, 1.807) is 24.3 Å². The molecular formula is C14H19NO3S. The first kappa shape index (κ1) is 14.2. The molecule has 1 N–H and O–H groups in total. The van der Waals surface area contributed by atoms with E-state index in [1.165, 1.54) is 4.31 Å². The predicted molar refractivity (Wildman–Crippen MR) is 74.2 cm³/mol. The molecule has 0 unspecified atom stereocenters. The Morgan fingerprint density at radius 1 is 1.32 bits per heavy atom. The number of aliphatic hydroxyl groups is 1. The maximum absolute atomic E-state index is 12.4. The van der Waals surface area contributed by atoms with Crippen molar-refractivity contribution < 1.29 is 13.5 Å². The smallest absolute Gasteiger partial charge is 0.243 e. The van der Waals surface area contributed by atoms with Crippen LogP contribution < -0.4 is 0 Å². The summed E-state index contributed by atoms with van der Waals surface area (Å²) in [5.74, 6) is -0.180. The molecule has 1 aliphatic heterocycles. The molecule has 19 heavy (non-hydrogen) atoms. The first-order chi connectivity index (χ1) is 8.82. The van der Waals surface area contributed by atoms with Crippen LogP contribution in [0.1, 0.15) is 12.5 Å². The number of aliphatic hydroxyl groups excluding tert-OH is 1. The predicted octanol–water partition coefficient (Wildman–Crippen LogP) is 1.55. The number of rotatable bonds is 3. The van der Waals surface area contributed by atoms with Gasteiger partial charge in [0.05, 0.1) is 11.0 Å². The number of nitrogens with zero attached hydrogens (tertiary/aromatic N) is 1. The highest BCUT2D eigenvalue weighted by Gasteiger charge is 2.38. The second kappa shape index (κ2) is 5.07. The average Bonchev–Trinajstić information content (AvgIpc) is 2.72. The highest BCUT2D eigenvalue weighted by Crippen LogP contribution is 2.28. The Labute approximate surface area is 114 Å². The van der Waals surface area contributed by atoms with Gasteiger partial charge in [-0.3, -0.25) is 0 Å². The summed E-state index contributed by atoms with van der Waals surface area (Å²) in [4.78, 5) is 0.271. The number of hydrogen-bond acceptors (Lipinski definition) is 3. The maximum Gasteiger partial charge on any atom is 0.243 e. The van der Waals surface area contributed by atoms with Gasteiger partial charge in [-0.15, -0.1) is 0 Å². The normalized spacial score (nSPS) is 24.6. The van der Waals surface area contributed by atoms with Gasteiger partial charge in [0.2, 0.25) is 10.0 Å². The molecule has 2 atom stereocenters. The molecule has 0 spiro atoms. The third-order valence-corrected chi connectivity index (χ3v) is 5.39. The van der Waals surface area contributed by atoms with E-state index in [4.69, 9.17) is 0 Å². The van der Waals surface area contributed by atoms with Gasteiger partial charge in [0.1, 0.15) is 0 Å². The van der Waals surface area contributed by atoms with Crippen LogP contribution >= 0.6 is 0 Å². The minimum absolute atomic E-state index is 0.133. The standard InChI is InChI=1S/C14H19NO3S/c1-10(2)13-8-15(9-14(13)16)19(17,18)12-6-4-11(3)5-7-12/h4-7,13-14,16H,1,8-9H2,2-3H3/t13-,14-/m1/s1. The fourth-order valence-electron chi connectivity index (χ4n) is 2.29. The van der Waals surface area contributed by atoms with Gasteiger partial charge in [0, 0.05) is 19.0 Å². The molecule has 0 aliphatic carbocycles. The van der Waals surface area contributed by atoms with Crippen LogP contribution in [0.25, 0.3) is 0 Å². The Morgan fingerprint density at radius 2 is 1.89 bits per heavy atom. The van der Waals surface area contributed by atoms with Crippen molar-refractivity contribution in [1.82, 2.24) is 4.31 Å². The summed E-state index contributed by atoms with van der Waals surface area (Å²) in [6.07, 6.45) is -0.669. The van der Waals surface area contributed by atoms with Gasteiger partial charge in [0.15, 0.2) is 0 Å². The largest absolute Gasteiger partial charge is 0.391 e. The van der Waals surface area contributed by atoms with Crippen LogP contribution in [-0.2, 0) is 10.0 Å². The molecule has 1 aliphatic rings. The van der Waals surface area contributed by atoms with Gasteiger partial charge in [-0.1, -0.05) is 29.8 Å². The molecule has 2 rings (SSSR count). The molecule has 5 heteroatoms. The van der Waals surface area contributed by atoms with E-state index in [0.29, 0.717) is 6.54 Å². The number of β-amino-alcohol motifs (C(OH)–C–C–N with tert-alkyl or cyclic N) is 1. The van der Waals surface area contributed by atoms with Crippen molar-refractivity contribution in [1.29, 1.82) is 0 Å². The minimum Gasteiger partial charge on any atom is -0.391 e. The van der Waals surface area contributed by atoms with Crippen molar-refractivity contribution in [3.8, 4) is 0 Å². The summed E-state index contributed by atoms with van der Waals surface area (Å²) in [7, 11) is -3.52. The molecule has 4 nitrogen and oxygen atoms in total. The van der Waals surface area contributed by atoms with Crippen LogP contribution in [0.2, 0.25) is 0 Å². The van der Waals surface area contributed by atoms with Crippen LogP contribution in [0.15, 0.2) is 41.3 Å². The summed E-state index contributed by atoms with van der Waals surface area (Å²) in [5.41, 5.74) is 1.83. The molecule has 104 valence electrons. The molecule has 1 fully saturated rings. The van der Waals surface area contributed by atoms with Crippen molar-refractivity contribution in [2.24, 2.45) is 5.92 Å². The fraction of sp³-hybridized carbons (Fsp3) is 0.429. The zero-order valence-corrected chi connectivity index (χ0v) is 12.0. The Morgan fingerprint density at radius 3 is 2.37 bits per heavy atom. The monoisotopic (exact) mass is 281 g/mol. The Bertz CT molecular complexity index is 577. The first-order valence-corrected chi connectivity index (χ1v) is 7.66. The van der Waals surface area contributed by atoms with Gasteiger partial charge >= 0.3 is 0 Å². The zero-order chi connectivity index (χ0) is 14.2. The molecular weight excluding hydrogens is 262 g/mol. The van der Waals surface area contributed by atoms with E-state index in [9.17, 15) is 13.5 Å². The lowest BCUT2D eigenvalue weighted by Crippen LogP contribution is -2.29. The summed E-state index contributed by atoms with van der Waals surface area (Å²) in [6.45, 7) is 7.96. The lowest BCUT2D eigenvalue weighted by Gasteiger charge is -2.16. The van der Waals surface area contributed by atoms with E-state index in [1.807, 2.05) is 13.8 Å². The number of hydrogen-bond donors (Lipinski definition) is 1. The summed E-state index contributed by atoms with van der Waals surface area (Å²) < 4.78 is 26.2. The van der Waals surface area contributed by atoms with Gasteiger partial charge in [0.25, 0.3) is 0 Å². The molecule has 1 aromatic rings. The highest BCUT2D eigenvalue weighted by molar-refractivity contribution is 7.89. The van der Waals surface area contributed by atoms with E-state index in [2.05, 4.69) is 6.58 Å². The lowest BCUT2D eigenvalue weighted by molar-refractivity contribution is 0.160. The summed E-state index contributed by atoms with van der Waals surface area (Å²) in [6, 6.07) is 6.75. The minimum atomic E-state index is -3.52. The zero-order valence-electron chi connectivity index (χ0n) is 11.2. The van der Waals surface area contributed by atoms with Crippen molar-refractivity contribution in [3.63, 3.8) is 0 Å². The lowest BCUT2D eigenvalue weighted by atomic mass is 9.99. The Balaban J connectivity index is 2.27. The highest BCUT2D eigenvalue weighted by atomic mass is 32.2. The van der Waals surface area contributed by atoms with Crippen molar-refractivity contribution in [2.45, 2.75) is 24.8 Å². The van der Waals surface area contributed by atoms with Crippen LogP contribution in [0.5, 0.6) is 0 Å². The van der Waals surface area contributed by atoms with Gasteiger partial charge in [-0.25, -0.2) is 8.42 Å². The molecule has 0 amide bonds. The van der Waals surface area contributed by atoms with Gasteiger partial charge < -0.3 is 5.11 Å². The second-order valence-corrected chi connectivity index (χ2v) is 7.09. The second-order valence-electron chi connectivity index (χ2n) is 5.16. The molecule has 1 aromatic carbocycles. The number of benzene rings is 1. The topological polar surface area (TPSA) is 57.6 Å². The molecule has 0 saturated carbocycles. The maximum atomic E-state index is 12.4. The van der Waals surface area contributed by atoms with E-state index < -0.39 is 16.1 Å². The van der Waals surface area contributed by atoms with Crippen LogP contribution in [0.3, 0.4) is 0 Å². The molecule has 0 radical (unpaired) electrons. The Kier molecular flexibility index (Phi) is 3.80. The van der Waals surface area contributed by atoms with E-state index >= 15 is 0 Å². The van der Waals surface area contributed by atoms with Crippen molar-refractivity contribution in [2.75, 3.05) is 13.1 Å². The summed E-state index contributed by atoms with van der Waals surface area (Å²) >= 11 is 0. The first-order valence-electron chi connectivity index (χ1n) is 6.22. The van der Waals surface area contributed by atoms with Gasteiger partial charge in [-0.05, 0) is 26.0 Å². The third kappa shape index (κ3) is 2.73.